The van der Waals surface area contributed by atoms with E-state index in [1.54, 1.807) is 25.1 Å². The topological polar surface area (TPSA) is 90.0 Å². The number of nitrogens with one attached hydrogen (secondary N) is 1. The number of carbonyl (C=O) groups is 1. The predicted molar refractivity (Wildman–Crippen MR) is 90.4 cm³/mol. The summed E-state index contributed by atoms with van der Waals surface area (Å²) >= 11 is 7.76. The third kappa shape index (κ3) is 3.73. The number of aromatic nitrogens is 2. The van der Waals surface area contributed by atoms with E-state index < -0.39 is 0 Å². The molecule has 1 amide bonds. The second-order valence-electron chi connectivity index (χ2n) is 4.36. The molecule has 1 aromatic heterocycles. The van der Waals surface area contributed by atoms with Crippen molar-refractivity contribution in [2.24, 2.45) is 0 Å². The summed E-state index contributed by atoms with van der Waals surface area (Å²) in [6, 6.07) is 4.78. The number of hydrogen-bond acceptors (Lipinski definition) is 4. The molecule has 1 heterocycles. The van der Waals surface area contributed by atoms with Crippen molar-refractivity contribution in [3.63, 3.8) is 0 Å². The Kier molecular flexibility index (Phi) is 4.84. The Balaban J connectivity index is 2.18. The SMILES string of the molecule is Cc1ncn(CC(=O)Nc2cc(Cl)ccc2N)c(=O)c1I. The van der Waals surface area contributed by atoms with Gasteiger partial charge in [0.25, 0.3) is 5.56 Å². The van der Waals surface area contributed by atoms with E-state index in [2.05, 4.69) is 10.3 Å². The number of benzene rings is 1. The van der Waals surface area contributed by atoms with Crippen LogP contribution in [0.5, 0.6) is 0 Å². The van der Waals surface area contributed by atoms with Crippen molar-refractivity contribution in [2.75, 3.05) is 11.1 Å². The Hall–Kier alpha value is -1.61. The maximum atomic E-state index is 12.0. The predicted octanol–water partition coefficient (Wildman–Crippen LogP) is 2.03. The molecule has 1 aromatic carbocycles. The van der Waals surface area contributed by atoms with E-state index in [0.29, 0.717) is 25.7 Å². The van der Waals surface area contributed by atoms with E-state index in [0.717, 1.165) is 0 Å². The van der Waals surface area contributed by atoms with E-state index in [1.807, 2.05) is 22.6 Å². The molecule has 0 aliphatic carbocycles. The zero-order chi connectivity index (χ0) is 15.6. The lowest BCUT2D eigenvalue weighted by atomic mass is 10.2. The fourth-order valence-corrected chi connectivity index (χ4v) is 2.26. The fourth-order valence-electron chi connectivity index (χ4n) is 1.64. The number of nitrogen functional groups attached to an aromatic ring is 1. The molecule has 6 nitrogen and oxygen atoms in total. The van der Waals surface area contributed by atoms with Gasteiger partial charge in [-0.05, 0) is 47.7 Å². The monoisotopic (exact) mass is 418 g/mol. The fraction of sp³-hybridized carbons (Fsp3) is 0.154. The lowest BCUT2D eigenvalue weighted by Crippen LogP contribution is -2.30. The number of rotatable bonds is 3. The van der Waals surface area contributed by atoms with Gasteiger partial charge < -0.3 is 11.1 Å². The zero-order valence-electron chi connectivity index (χ0n) is 11.1. The molecular formula is C13H12ClIN4O2. The summed E-state index contributed by atoms with van der Waals surface area (Å²) in [6.07, 6.45) is 1.35. The van der Waals surface area contributed by atoms with E-state index in [1.165, 1.54) is 10.9 Å². The van der Waals surface area contributed by atoms with E-state index in [4.69, 9.17) is 17.3 Å². The van der Waals surface area contributed by atoms with Gasteiger partial charge in [0, 0.05) is 5.02 Å². The van der Waals surface area contributed by atoms with Gasteiger partial charge >= 0.3 is 0 Å². The van der Waals surface area contributed by atoms with Crippen molar-refractivity contribution in [3.8, 4) is 0 Å². The Morgan fingerprint density at radius 1 is 1.52 bits per heavy atom. The van der Waals surface area contributed by atoms with Gasteiger partial charge in [0.1, 0.15) is 6.54 Å². The molecule has 0 unspecified atom stereocenters. The number of carbonyl (C=O) groups excluding carboxylic acids is 1. The van der Waals surface area contributed by atoms with Crippen LogP contribution in [-0.4, -0.2) is 15.5 Å². The Morgan fingerprint density at radius 2 is 2.24 bits per heavy atom. The van der Waals surface area contributed by atoms with Gasteiger partial charge in [-0.1, -0.05) is 11.6 Å². The molecule has 0 radical (unpaired) electrons. The lowest BCUT2D eigenvalue weighted by Gasteiger charge is -2.10. The van der Waals surface area contributed by atoms with Gasteiger partial charge in [0.2, 0.25) is 5.91 Å². The summed E-state index contributed by atoms with van der Waals surface area (Å²) in [4.78, 5) is 28.0. The highest BCUT2D eigenvalue weighted by molar-refractivity contribution is 14.1. The molecule has 0 saturated heterocycles. The average Bonchev–Trinajstić information content (AvgIpc) is 2.43. The van der Waals surface area contributed by atoms with Crippen molar-refractivity contribution >= 4 is 51.5 Å². The third-order valence-corrected chi connectivity index (χ3v) is 4.24. The highest BCUT2D eigenvalue weighted by Crippen LogP contribution is 2.22. The van der Waals surface area contributed by atoms with Crippen LogP contribution in [0.15, 0.2) is 29.3 Å². The Labute approximate surface area is 139 Å². The normalized spacial score (nSPS) is 10.4. The minimum Gasteiger partial charge on any atom is -0.397 e. The van der Waals surface area contributed by atoms with Crippen LogP contribution in [0, 0.1) is 10.5 Å². The number of nitrogens with two attached hydrogens (primary N) is 1. The van der Waals surface area contributed by atoms with Crippen LogP contribution in [0.1, 0.15) is 5.69 Å². The van der Waals surface area contributed by atoms with Gasteiger partial charge in [0.15, 0.2) is 0 Å². The number of aryl methyl sites for hydroxylation is 1. The standard InChI is InChI=1S/C13H12ClIN4O2/c1-7-12(15)13(21)19(6-17-7)5-11(20)18-10-4-8(14)2-3-9(10)16/h2-4,6H,5,16H2,1H3,(H,18,20). The van der Waals surface area contributed by atoms with Crippen LogP contribution in [-0.2, 0) is 11.3 Å². The highest BCUT2D eigenvalue weighted by Gasteiger charge is 2.10. The van der Waals surface area contributed by atoms with E-state index in [-0.39, 0.29) is 18.0 Å². The zero-order valence-corrected chi connectivity index (χ0v) is 14.0. The van der Waals surface area contributed by atoms with Crippen LogP contribution in [0.4, 0.5) is 11.4 Å². The molecule has 0 spiro atoms. The highest BCUT2D eigenvalue weighted by atomic mass is 127. The van der Waals surface area contributed by atoms with Crippen LogP contribution in [0.25, 0.3) is 0 Å². The molecular weight excluding hydrogens is 407 g/mol. The van der Waals surface area contributed by atoms with Crippen molar-refractivity contribution in [2.45, 2.75) is 13.5 Å². The first-order valence-corrected chi connectivity index (χ1v) is 7.40. The summed E-state index contributed by atoms with van der Waals surface area (Å²) in [5.41, 5.74) is 6.94. The first-order valence-electron chi connectivity index (χ1n) is 5.95. The second kappa shape index (κ2) is 6.44. The van der Waals surface area contributed by atoms with Crippen LogP contribution >= 0.6 is 34.2 Å². The van der Waals surface area contributed by atoms with Crippen molar-refractivity contribution in [1.82, 2.24) is 9.55 Å². The van der Waals surface area contributed by atoms with Crippen molar-refractivity contribution < 1.29 is 4.79 Å². The summed E-state index contributed by atoms with van der Waals surface area (Å²) in [5, 5.41) is 3.08. The molecule has 0 aliphatic rings. The number of halogens is 2. The number of anilines is 2. The van der Waals surface area contributed by atoms with Crippen LogP contribution in [0.2, 0.25) is 5.02 Å². The maximum absolute atomic E-state index is 12.0. The first-order chi connectivity index (χ1) is 9.88. The Bertz CT molecular complexity index is 760. The van der Waals surface area contributed by atoms with Crippen LogP contribution in [0.3, 0.4) is 0 Å². The summed E-state index contributed by atoms with van der Waals surface area (Å²) < 4.78 is 1.73. The van der Waals surface area contributed by atoms with Crippen LogP contribution < -0.4 is 16.6 Å². The first kappa shape index (κ1) is 15.8. The maximum Gasteiger partial charge on any atom is 0.267 e. The molecule has 21 heavy (non-hydrogen) atoms. The third-order valence-electron chi connectivity index (χ3n) is 2.76. The summed E-state index contributed by atoms with van der Waals surface area (Å²) in [7, 11) is 0. The molecule has 8 heteroatoms. The molecule has 0 aliphatic heterocycles. The van der Waals surface area contributed by atoms with E-state index >= 15 is 0 Å². The van der Waals surface area contributed by atoms with Gasteiger partial charge in [-0.25, -0.2) is 4.98 Å². The number of hydrogen-bond donors (Lipinski definition) is 2. The second-order valence-corrected chi connectivity index (χ2v) is 5.87. The largest absolute Gasteiger partial charge is 0.397 e. The van der Waals surface area contributed by atoms with Gasteiger partial charge in [-0.2, -0.15) is 0 Å². The van der Waals surface area contributed by atoms with Gasteiger partial charge in [0.05, 0.1) is 27.0 Å². The molecule has 2 rings (SSSR count). The van der Waals surface area contributed by atoms with E-state index in [9.17, 15) is 9.59 Å². The lowest BCUT2D eigenvalue weighted by molar-refractivity contribution is -0.116. The summed E-state index contributed by atoms with van der Waals surface area (Å²) in [5.74, 6) is -0.382. The smallest absolute Gasteiger partial charge is 0.267 e. The number of nitrogens with zero attached hydrogens (tertiary/aromatic N) is 2. The molecule has 0 bridgehead atoms. The molecule has 110 valence electrons. The molecule has 3 N–H and O–H groups in total. The van der Waals surface area contributed by atoms with Crippen molar-refractivity contribution in [3.05, 3.63) is 49.2 Å². The molecule has 2 aromatic rings. The van der Waals surface area contributed by atoms with Gasteiger partial charge in [-0.15, -0.1) is 0 Å². The number of amides is 1. The van der Waals surface area contributed by atoms with Gasteiger partial charge in [-0.3, -0.25) is 14.2 Å². The van der Waals surface area contributed by atoms with Crippen molar-refractivity contribution in [1.29, 1.82) is 0 Å². The minimum atomic E-state index is -0.382. The average molecular weight is 419 g/mol. The molecule has 0 saturated carbocycles. The summed E-state index contributed by atoms with van der Waals surface area (Å²) in [6.45, 7) is 1.59. The Morgan fingerprint density at radius 3 is 2.95 bits per heavy atom. The molecule has 0 fully saturated rings. The quantitative estimate of drug-likeness (QED) is 0.589. The minimum absolute atomic E-state index is 0.145. The molecule has 0 atom stereocenters.